The van der Waals surface area contributed by atoms with Crippen LogP contribution in [0.25, 0.3) is 0 Å². The van der Waals surface area contributed by atoms with E-state index >= 15 is 0 Å². The summed E-state index contributed by atoms with van der Waals surface area (Å²) in [5.41, 5.74) is 5.76. The molecule has 18 heavy (non-hydrogen) atoms. The van der Waals surface area contributed by atoms with Gasteiger partial charge < -0.3 is 10.6 Å². The standard InChI is InChI=1S/C14H25N3O/c1-2-6-16-7-9-17(10-8-16)14(18)13-5-3-4-12(13)11-15/h2,12-13H,1,3-11,15H2. The highest BCUT2D eigenvalue weighted by Gasteiger charge is 2.35. The van der Waals surface area contributed by atoms with Crippen LogP contribution in [-0.2, 0) is 4.79 Å². The molecule has 4 nitrogen and oxygen atoms in total. The molecule has 2 fully saturated rings. The number of carbonyl (C=O) groups excluding carboxylic acids is 1. The fourth-order valence-electron chi connectivity index (χ4n) is 3.21. The number of nitrogens with zero attached hydrogens (tertiary/aromatic N) is 2. The van der Waals surface area contributed by atoms with Crippen LogP contribution < -0.4 is 5.73 Å². The van der Waals surface area contributed by atoms with Crippen LogP contribution in [0.3, 0.4) is 0 Å². The van der Waals surface area contributed by atoms with Gasteiger partial charge in [0.25, 0.3) is 0 Å². The minimum absolute atomic E-state index is 0.195. The lowest BCUT2D eigenvalue weighted by Gasteiger charge is -2.36. The molecule has 0 radical (unpaired) electrons. The molecule has 1 amide bonds. The van der Waals surface area contributed by atoms with Gasteiger partial charge >= 0.3 is 0 Å². The molecule has 0 spiro atoms. The van der Waals surface area contributed by atoms with Crippen molar-refractivity contribution >= 4 is 5.91 Å². The van der Waals surface area contributed by atoms with E-state index in [0.717, 1.165) is 52.0 Å². The van der Waals surface area contributed by atoms with Crippen molar-refractivity contribution in [3.05, 3.63) is 12.7 Å². The van der Waals surface area contributed by atoms with Gasteiger partial charge in [-0.15, -0.1) is 6.58 Å². The van der Waals surface area contributed by atoms with Gasteiger partial charge in [-0.1, -0.05) is 12.5 Å². The Morgan fingerprint density at radius 2 is 2.00 bits per heavy atom. The molecule has 2 rings (SSSR count). The van der Waals surface area contributed by atoms with Crippen molar-refractivity contribution in [1.82, 2.24) is 9.80 Å². The first-order valence-electron chi connectivity index (χ1n) is 7.08. The molecule has 2 N–H and O–H groups in total. The maximum absolute atomic E-state index is 12.5. The Bertz CT molecular complexity index is 297. The molecule has 2 aliphatic rings. The predicted octanol–water partition coefficient (Wildman–Crippen LogP) is 0.692. The minimum atomic E-state index is 0.195. The molecule has 1 heterocycles. The average molecular weight is 251 g/mol. The number of carbonyl (C=O) groups is 1. The van der Waals surface area contributed by atoms with Crippen LogP contribution in [0, 0.1) is 11.8 Å². The first-order valence-corrected chi connectivity index (χ1v) is 7.08. The van der Waals surface area contributed by atoms with Gasteiger partial charge in [-0.2, -0.15) is 0 Å². The molecular formula is C14H25N3O. The molecule has 102 valence electrons. The van der Waals surface area contributed by atoms with E-state index in [1.165, 1.54) is 0 Å². The summed E-state index contributed by atoms with van der Waals surface area (Å²) in [4.78, 5) is 16.8. The average Bonchev–Trinajstić information content (AvgIpc) is 2.87. The lowest BCUT2D eigenvalue weighted by atomic mass is 9.94. The van der Waals surface area contributed by atoms with Crippen LogP contribution in [0.1, 0.15) is 19.3 Å². The van der Waals surface area contributed by atoms with Gasteiger partial charge in [0.05, 0.1) is 0 Å². The molecule has 0 bridgehead atoms. The Morgan fingerprint density at radius 1 is 1.28 bits per heavy atom. The maximum atomic E-state index is 12.5. The summed E-state index contributed by atoms with van der Waals surface area (Å²) >= 11 is 0. The van der Waals surface area contributed by atoms with Crippen molar-refractivity contribution < 1.29 is 4.79 Å². The van der Waals surface area contributed by atoms with Crippen LogP contribution in [0.15, 0.2) is 12.7 Å². The third-order valence-corrected chi connectivity index (χ3v) is 4.35. The van der Waals surface area contributed by atoms with E-state index in [4.69, 9.17) is 5.73 Å². The van der Waals surface area contributed by atoms with Gasteiger partial charge in [-0.05, 0) is 25.3 Å². The van der Waals surface area contributed by atoms with Crippen LogP contribution in [0.5, 0.6) is 0 Å². The van der Waals surface area contributed by atoms with Gasteiger partial charge in [-0.3, -0.25) is 9.69 Å². The smallest absolute Gasteiger partial charge is 0.226 e. The molecule has 2 atom stereocenters. The maximum Gasteiger partial charge on any atom is 0.226 e. The van der Waals surface area contributed by atoms with Gasteiger partial charge in [0, 0.05) is 38.6 Å². The Balaban J connectivity index is 1.85. The fourth-order valence-corrected chi connectivity index (χ4v) is 3.21. The van der Waals surface area contributed by atoms with Gasteiger partial charge in [0.2, 0.25) is 5.91 Å². The van der Waals surface area contributed by atoms with Crippen molar-refractivity contribution in [2.75, 3.05) is 39.3 Å². The fraction of sp³-hybridized carbons (Fsp3) is 0.786. The molecule has 2 unspecified atom stereocenters. The molecule has 0 aromatic heterocycles. The number of amides is 1. The lowest BCUT2D eigenvalue weighted by molar-refractivity contribution is -0.138. The summed E-state index contributed by atoms with van der Waals surface area (Å²) in [5.74, 6) is 0.964. The highest BCUT2D eigenvalue weighted by molar-refractivity contribution is 5.79. The molecule has 1 saturated carbocycles. The van der Waals surface area contributed by atoms with Gasteiger partial charge in [0.1, 0.15) is 0 Å². The largest absolute Gasteiger partial charge is 0.340 e. The second-order valence-corrected chi connectivity index (χ2v) is 5.45. The molecule has 4 heteroatoms. The first-order chi connectivity index (χ1) is 8.76. The monoisotopic (exact) mass is 251 g/mol. The first kappa shape index (κ1) is 13.6. The molecule has 1 aliphatic heterocycles. The Kier molecular flexibility index (Phi) is 4.78. The topological polar surface area (TPSA) is 49.6 Å². The predicted molar refractivity (Wildman–Crippen MR) is 73.1 cm³/mol. The zero-order chi connectivity index (χ0) is 13.0. The summed E-state index contributed by atoms with van der Waals surface area (Å²) in [5, 5.41) is 0. The van der Waals surface area contributed by atoms with Crippen molar-refractivity contribution in [3.8, 4) is 0 Å². The van der Waals surface area contributed by atoms with E-state index in [9.17, 15) is 4.79 Å². The summed E-state index contributed by atoms with van der Waals surface area (Å²) in [7, 11) is 0. The van der Waals surface area contributed by atoms with E-state index < -0.39 is 0 Å². The SMILES string of the molecule is C=CCN1CCN(C(=O)C2CCCC2CN)CC1. The number of piperazine rings is 1. The molecular weight excluding hydrogens is 226 g/mol. The van der Waals surface area contributed by atoms with Gasteiger partial charge in [0.15, 0.2) is 0 Å². The highest BCUT2D eigenvalue weighted by atomic mass is 16.2. The number of hydrogen-bond acceptors (Lipinski definition) is 3. The third-order valence-electron chi connectivity index (χ3n) is 4.35. The lowest BCUT2D eigenvalue weighted by Crippen LogP contribution is -2.51. The second kappa shape index (κ2) is 6.34. The minimum Gasteiger partial charge on any atom is -0.340 e. The molecule has 1 aliphatic carbocycles. The van der Waals surface area contributed by atoms with Crippen LogP contribution in [0.2, 0.25) is 0 Å². The Labute approximate surface area is 110 Å². The van der Waals surface area contributed by atoms with E-state index in [1.807, 2.05) is 11.0 Å². The summed E-state index contributed by atoms with van der Waals surface area (Å²) in [6.07, 6.45) is 5.25. The van der Waals surface area contributed by atoms with Crippen molar-refractivity contribution in [1.29, 1.82) is 0 Å². The Morgan fingerprint density at radius 3 is 2.61 bits per heavy atom. The van der Waals surface area contributed by atoms with Crippen LogP contribution in [0.4, 0.5) is 0 Å². The van der Waals surface area contributed by atoms with E-state index in [0.29, 0.717) is 18.4 Å². The van der Waals surface area contributed by atoms with E-state index in [2.05, 4.69) is 11.5 Å². The van der Waals surface area contributed by atoms with Gasteiger partial charge in [-0.25, -0.2) is 0 Å². The molecule has 0 aromatic carbocycles. The van der Waals surface area contributed by atoms with E-state index in [-0.39, 0.29) is 5.92 Å². The van der Waals surface area contributed by atoms with Crippen LogP contribution >= 0.6 is 0 Å². The quantitative estimate of drug-likeness (QED) is 0.748. The number of hydrogen-bond donors (Lipinski definition) is 1. The summed E-state index contributed by atoms with van der Waals surface area (Å²) < 4.78 is 0. The van der Waals surface area contributed by atoms with Crippen molar-refractivity contribution in [2.45, 2.75) is 19.3 Å². The molecule has 1 saturated heterocycles. The molecule has 0 aromatic rings. The third kappa shape index (κ3) is 2.93. The summed E-state index contributed by atoms with van der Waals surface area (Å²) in [6, 6.07) is 0. The van der Waals surface area contributed by atoms with E-state index in [1.54, 1.807) is 0 Å². The highest BCUT2D eigenvalue weighted by Crippen LogP contribution is 2.32. The van der Waals surface area contributed by atoms with Crippen molar-refractivity contribution in [3.63, 3.8) is 0 Å². The summed E-state index contributed by atoms with van der Waals surface area (Å²) in [6.45, 7) is 9.01. The Hall–Kier alpha value is -0.870. The zero-order valence-electron chi connectivity index (χ0n) is 11.2. The van der Waals surface area contributed by atoms with Crippen molar-refractivity contribution in [2.24, 2.45) is 17.6 Å². The zero-order valence-corrected chi connectivity index (χ0v) is 11.2. The normalized spacial score (nSPS) is 29.5. The number of nitrogens with two attached hydrogens (primary N) is 1. The van der Waals surface area contributed by atoms with Crippen LogP contribution in [-0.4, -0.2) is 55.0 Å². The second-order valence-electron chi connectivity index (χ2n) is 5.45. The number of rotatable bonds is 4.